The first kappa shape index (κ1) is 21.3. The standard InChI is InChI=1S/C25H31N3O3/c29-24-18-31-23-10-4-3-8-20(23)7-1-2-9-21-17-28(15-13-22(21)27-24)25(30)12-11-19-6-5-14-26-16-19/h3-6,8,10,14,16,21-22H,1-2,7,9,11-13,15,17-18H2,(H,27,29)/t21-,22-/m1/s1. The molecule has 0 saturated carbocycles. The van der Waals surface area contributed by atoms with Crippen LogP contribution in [0.5, 0.6) is 5.75 Å². The molecule has 0 radical (unpaired) electrons. The van der Waals surface area contributed by atoms with Crippen LogP contribution >= 0.6 is 0 Å². The van der Waals surface area contributed by atoms with Gasteiger partial charge < -0.3 is 15.0 Å². The highest BCUT2D eigenvalue weighted by molar-refractivity contribution is 5.78. The topological polar surface area (TPSA) is 71.5 Å². The number of likely N-dealkylation sites (tertiary alicyclic amines) is 1. The zero-order valence-corrected chi connectivity index (χ0v) is 18.0. The van der Waals surface area contributed by atoms with Gasteiger partial charge in [0.2, 0.25) is 5.91 Å². The van der Waals surface area contributed by atoms with Crippen LogP contribution in [0.1, 0.15) is 43.2 Å². The molecule has 2 atom stereocenters. The van der Waals surface area contributed by atoms with E-state index in [2.05, 4.69) is 16.4 Å². The minimum Gasteiger partial charge on any atom is -0.483 e. The molecule has 1 aromatic carbocycles. The number of para-hydroxylation sites is 1. The van der Waals surface area contributed by atoms with E-state index in [0.29, 0.717) is 25.9 Å². The lowest BCUT2D eigenvalue weighted by Crippen LogP contribution is -2.53. The van der Waals surface area contributed by atoms with Gasteiger partial charge in [-0.2, -0.15) is 0 Å². The number of hydrogen-bond donors (Lipinski definition) is 1. The third kappa shape index (κ3) is 5.84. The van der Waals surface area contributed by atoms with Gasteiger partial charge in [-0.25, -0.2) is 0 Å². The summed E-state index contributed by atoms with van der Waals surface area (Å²) < 4.78 is 5.80. The van der Waals surface area contributed by atoms with Crippen molar-refractivity contribution in [3.05, 3.63) is 59.9 Å². The number of piperidine rings is 1. The maximum Gasteiger partial charge on any atom is 0.258 e. The quantitative estimate of drug-likeness (QED) is 0.826. The molecule has 31 heavy (non-hydrogen) atoms. The predicted octanol–water partition coefficient (Wildman–Crippen LogP) is 3.15. The van der Waals surface area contributed by atoms with Gasteiger partial charge in [-0.05, 0) is 61.3 Å². The van der Waals surface area contributed by atoms with Crippen molar-refractivity contribution in [2.45, 2.75) is 51.0 Å². The van der Waals surface area contributed by atoms with Gasteiger partial charge in [0.1, 0.15) is 5.75 Å². The van der Waals surface area contributed by atoms with Gasteiger partial charge in [0.25, 0.3) is 5.91 Å². The van der Waals surface area contributed by atoms with Crippen molar-refractivity contribution in [1.82, 2.24) is 15.2 Å². The lowest BCUT2D eigenvalue weighted by Gasteiger charge is -2.39. The van der Waals surface area contributed by atoms with Gasteiger partial charge in [-0.1, -0.05) is 30.7 Å². The zero-order valence-electron chi connectivity index (χ0n) is 18.0. The van der Waals surface area contributed by atoms with Crippen LogP contribution in [0.4, 0.5) is 0 Å². The van der Waals surface area contributed by atoms with Crippen LogP contribution in [0.15, 0.2) is 48.8 Å². The van der Waals surface area contributed by atoms with Crippen molar-refractivity contribution < 1.29 is 14.3 Å². The maximum absolute atomic E-state index is 12.8. The number of amides is 2. The van der Waals surface area contributed by atoms with Gasteiger partial charge in [0.15, 0.2) is 6.61 Å². The molecule has 2 aromatic rings. The van der Waals surface area contributed by atoms with Crippen LogP contribution in [-0.4, -0.2) is 47.4 Å². The Hall–Kier alpha value is -2.89. The fourth-order valence-corrected chi connectivity index (χ4v) is 4.66. The van der Waals surface area contributed by atoms with Crippen molar-refractivity contribution in [3.63, 3.8) is 0 Å². The van der Waals surface area contributed by atoms with E-state index in [1.807, 2.05) is 41.4 Å². The van der Waals surface area contributed by atoms with Crippen molar-refractivity contribution in [1.29, 1.82) is 0 Å². The number of hydrogen-bond acceptors (Lipinski definition) is 4. The Balaban J connectivity index is 1.36. The smallest absolute Gasteiger partial charge is 0.258 e. The van der Waals surface area contributed by atoms with Crippen LogP contribution in [0.3, 0.4) is 0 Å². The van der Waals surface area contributed by atoms with Crippen molar-refractivity contribution >= 4 is 11.8 Å². The van der Waals surface area contributed by atoms with E-state index in [1.165, 1.54) is 0 Å². The van der Waals surface area contributed by atoms with Crippen LogP contribution in [0.25, 0.3) is 0 Å². The fraction of sp³-hybridized carbons (Fsp3) is 0.480. The monoisotopic (exact) mass is 421 g/mol. The molecule has 2 amide bonds. The van der Waals surface area contributed by atoms with E-state index in [9.17, 15) is 9.59 Å². The Morgan fingerprint density at radius 3 is 2.94 bits per heavy atom. The Morgan fingerprint density at radius 2 is 2.06 bits per heavy atom. The number of ether oxygens (including phenoxy) is 1. The lowest BCUT2D eigenvalue weighted by atomic mass is 9.86. The van der Waals surface area contributed by atoms with Gasteiger partial charge in [-0.15, -0.1) is 0 Å². The van der Waals surface area contributed by atoms with E-state index in [-0.39, 0.29) is 30.4 Å². The summed E-state index contributed by atoms with van der Waals surface area (Å²) in [5.41, 5.74) is 2.24. The summed E-state index contributed by atoms with van der Waals surface area (Å²) in [5, 5.41) is 3.17. The summed E-state index contributed by atoms with van der Waals surface area (Å²) in [4.78, 5) is 31.5. The highest BCUT2D eigenvalue weighted by atomic mass is 16.5. The zero-order chi connectivity index (χ0) is 21.5. The molecule has 1 aromatic heterocycles. The van der Waals surface area contributed by atoms with Crippen LogP contribution in [-0.2, 0) is 22.4 Å². The number of pyridine rings is 1. The third-order valence-corrected chi connectivity index (χ3v) is 6.39. The van der Waals surface area contributed by atoms with Crippen LogP contribution in [0, 0.1) is 5.92 Å². The average molecular weight is 422 g/mol. The largest absolute Gasteiger partial charge is 0.483 e. The maximum atomic E-state index is 12.8. The van der Waals surface area contributed by atoms with E-state index in [1.54, 1.807) is 6.20 Å². The normalized spacial score (nSPS) is 22.1. The first-order valence-electron chi connectivity index (χ1n) is 11.4. The number of fused-ring (bicyclic) bond motifs is 2. The highest BCUT2D eigenvalue weighted by Gasteiger charge is 2.32. The average Bonchev–Trinajstić information content (AvgIpc) is 2.80. The molecule has 1 fully saturated rings. The summed E-state index contributed by atoms with van der Waals surface area (Å²) in [6, 6.07) is 12.0. The summed E-state index contributed by atoms with van der Waals surface area (Å²) >= 11 is 0. The van der Waals surface area contributed by atoms with Crippen LogP contribution in [0.2, 0.25) is 0 Å². The van der Waals surface area contributed by atoms with Gasteiger partial charge >= 0.3 is 0 Å². The van der Waals surface area contributed by atoms with Crippen molar-refractivity contribution in [2.24, 2.45) is 5.92 Å². The Labute approximate surface area is 184 Å². The minimum absolute atomic E-state index is 0.0357. The molecule has 1 N–H and O–H groups in total. The summed E-state index contributed by atoms with van der Waals surface area (Å²) in [6.07, 6.45) is 9.69. The van der Waals surface area contributed by atoms with E-state index < -0.39 is 0 Å². The molecule has 0 aliphatic carbocycles. The van der Waals surface area contributed by atoms with E-state index in [0.717, 1.165) is 49.0 Å². The van der Waals surface area contributed by atoms with Crippen molar-refractivity contribution in [2.75, 3.05) is 19.7 Å². The van der Waals surface area contributed by atoms with Gasteiger partial charge in [0, 0.05) is 37.9 Å². The van der Waals surface area contributed by atoms with E-state index >= 15 is 0 Å². The predicted molar refractivity (Wildman–Crippen MR) is 119 cm³/mol. The van der Waals surface area contributed by atoms with Crippen molar-refractivity contribution in [3.8, 4) is 5.75 Å². The van der Waals surface area contributed by atoms with Gasteiger partial charge in [0.05, 0.1) is 0 Å². The molecular weight excluding hydrogens is 390 g/mol. The second kappa shape index (κ2) is 10.4. The summed E-state index contributed by atoms with van der Waals surface area (Å²) in [6.45, 7) is 1.44. The van der Waals surface area contributed by atoms with Gasteiger partial charge in [-0.3, -0.25) is 14.6 Å². The molecule has 0 unspecified atom stereocenters. The Kier molecular flexibility index (Phi) is 7.18. The molecule has 6 heteroatoms. The summed E-state index contributed by atoms with van der Waals surface area (Å²) in [5.74, 6) is 1.21. The summed E-state index contributed by atoms with van der Waals surface area (Å²) in [7, 11) is 0. The third-order valence-electron chi connectivity index (χ3n) is 6.39. The molecule has 6 nitrogen and oxygen atoms in total. The minimum atomic E-state index is -0.0817. The molecule has 1 saturated heterocycles. The molecule has 2 aliphatic heterocycles. The first-order chi connectivity index (χ1) is 15.2. The number of aromatic nitrogens is 1. The molecular formula is C25H31N3O3. The number of carbonyl (C=O) groups excluding carboxylic acids is 2. The molecule has 4 rings (SSSR count). The number of rotatable bonds is 3. The number of nitrogens with zero attached hydrogens (tertiary/aromatic N) is 2. The second-order valence-electron chi connectivity index (χ2n) is 8.57. The SMILES string of the molecule is O=C1COc2ccccc2CCCC[C@@H]2CN(C(=O)CCc3cccnc3)CC[C@H]2N1. The second-order valence-corrected chi connectivity index (χ2v) is 8.57. The Bertz CT molecular complexity index is 887. The first-order valence-corrected chi connectivity index (χ1v) is 11.4. The molecule has 164 valence electrons. The Morgan fingerprint density at radius 1 is 1.16 bits per heavy atom. The molecule has 0 spiro atoms. The molecule has 3 heterocycles. The highest BCUT2D eigenvalue weighted by Crippen LogP contribution is 2.26. The number of nitrogens with one attached hydrogen (secondary N) is 1. The molecule has 2 aliphatic rings. The van der Waals surface area contributed by atoms with Crippen LogP contribution < -0.4 is 10.1 Å². The van der Waals surface area contributed by atoms with E-state index in [4.69, 9.17) is 4.74 Å². The molecule has 0 bridgehead atoms. The number of benzene rings is 1. The number of aryl methyl sites for hydroxylation is 2. The fourth-order valence-electron chi connectivity index (χ4n) is 4.66. The lowest BCUT2D eigenvalue weighted by molar-refractivity contribution is -0.133. The number of carbonyl (C=O) groups is 2.